The van der Waals surface area contributed by atoms with Crippen molar-refractivity contribution in [1.82, 2.24) is 9.78 Å². The fourth-order valence-electron chi connectivity index (χ4n) is 3.59. The molecule has 0 aliphatic carbocycles. The van der Waals surface area contributed by atoms with Gasteiger partial charge in [0.15, 0.2) is 0 Å². The molecule has 3 heteroatoms. The van der Waals surface area contributed by atoms with Crippen LogP contribution in [0.3, 0.4) is 0 Å². The third kappa shape index (κ3) is 3.61. The van der Waals surface area contributed by atoms with Crippen LogP contribution in [0.1, 0.15) is 0 Å². The Bertz CT molecular complexity index is 1170. The van der Waals surface area contributed by atoms with Crippen molar-refractivity contribution in [2.45, 2.75) is 0 Å². The lowest BCUT2D eigenvalue weighted by Gasteiger charge is -2.25. The molecule has 0 saturated carbocycles. The molecule has 0 unspecified atom stereocenters. The van der Waals surface area contributed by atoms with Crippen LogP contribution in [0, 0.1) is 0 Å². The van der Waals surface area contributed by atoms with Crippen LogP contribution < -0.4 is 4.90 Å². The van der Waals surface area contributed by atoms with Gasteiger partial charge in [0.2, 0.25) is 0 Å². The zero-order valence-electron chi connectivity index (χ0n) is 16.5. The third-order valence-corrected chi connectivity index (χ3v) is 5.06. The van der Waals surface area contributed by atoms with Crippen LogP contribution >= 0.6 is 0 Å². The highest BCUT2D eigenvalue weighted by molar-refractivity contribution is 5.77. The lowest BCUT2D eigenvalue weighted by atomic mass is 10.1. The standard InChI is InChI=1S/C27H21N3/c1-4-10-23(11-5-1)29-21-20-27(28-29)22-16-18-26(19-17-22)30(24-12-6-2-7-13-24)25-14-8-3-9-15-25/h1-21H. The van der Waals surface area contributed by atoms with E-state index in [1.54, 1.807) is 0 Å². The smallest absolute Gasteiger partial charge is 0.0927 e. The van der Waals surface area contributed by atoms with Gasteiger partial charge in [-0.2, -0.15) is 5.10 Å². The van der Waals surface area contributed by atoms with Gasteiger partial charge in [-0.3, -0.25) is 0 Å². The SMILES string of the molecule is c1ccc(N(c2ccccc2)c2ccc(-c3ccn(-c4ccccc4)n3)cc2)cc1. The molecular formula is C27H21N3. The molecule has 0 atom stereocenters. The Hall–Kier alpha value is -4.11. The summed E-state index contributed by atoms with van der Waals surface area (Å²) in [5, 5.41) is 4.74. The number of nitrogens with zero attached hydrogens (tertiary/aromatic N) is 3. The largest absolute Gasteiger partial charge is 0.311 e. The Morgan fingerprint density at radius 3 is 1.57 bits per heavy atom. The van der Waals surface area contributed by atoms with Gasteiger partial charge in [-0.25, -0.2) is 4.68 Å². The van der Waals surface area contributed by atoms with Crippen molar-refractivity contribution in [3.05, 3.63) is 128 Å². The Morgan fingerprint density at radius 1 is 0.500 bits per heavy atom. The van der Waals surface area contributed by atoms with Gasteiger partial charge in [-0.15, -0.1) is 0 Å². The predicted molar refractivity (Wildman–Crippen MR) is 124 cm³/mol. The van der Waals surface area contributed by atoms with E-state index < -0.39 is 0 Å². The molecule has 5 aromatic rings. The van der Waals surface area contributed by atoms with Gasteiger partial charge in [0.05, 0.1) is 11.4 Å². The van der Waals surface area contributed by atoms with Crippen LogP contribution in [0.15, 0.2) is 128 Å². The monoisotopic (exact) mass is 387 g/mol. The number of benzene rings is 4. The number of hydrogen-bond donors (Lipinski definition) is 0. The molecule has 0 saturated heterocycles. The van der Waals surface area contributed by atoms with E-state index in [4.69, 9.17) is 5.10 Å². The van der Waals surface area contributed by atoms with Gasteiger partial charge in [0.1, 0.15) is 0 Å². The van der Waals surface area contributed by atoms with E-state index in [9.17, 15) is 0 Å². The summed E-state index contributed by atoms with van der Waals surface area (Å²) in [5.74, 6) is 0. The second kappa shape index (κ2) is 8.10. The topological polar surface area (TPSA) is 21.1 Å². The van der Waals surface area contributed by atoms with Gasteiger partial charge in [0.25, 0.3) is 0 Å². The summed E-state index contributed by atoms with van der Waals surface area (Å²) >= 11 is 0. The van der Waals surface area contributed by atoms with E-state index in [1.807, 2.05) is 47.3 Å². The maximum Gasteiger partial charge on any atom is 0.0927 e. The van der Waals surface area contributed by atoms with E-state index in [-0.39, 0.29) is 0 Å². The molecule has 0 fully saturated rings. The van der Waals surface area contributed by atoms with E-state index >= 15 is 0 Å². The average molecular weight is 387 g/mol. The summed E-state index contributed by atoms with van der Waals surface area (Å²) in [6.07, 6.45) is 2.00. The molecule has 0 aliphatic rings. The van der Waals surface area contributed by atoms with Crippen LogP contribution in [0.25, 0.3) is 16.9 Å². The Labute approximate surface area is 176 Å². The summed E-state index contributed by atoms with van der Waals surface area (Å²) in [6, 6.07) is 41.6. The van der Waals surface area contributed by atoms with E-state index in [1.165, 1.54) is 0 Å². The van der Waals surface area contributed by atoms with Crippen LogP contribution in [0.5, 0.6) is 0 Å². The summed E-state index contributed by atoms with van der Waals surface area (Å²) in [6.45, 7) is 0. The Kier molecular flexibility index (Phi) is 4.84. The van der Waals surface area contributed by atoms with Crippen molar-refractivity contribution in [3.63, 3.8) is 0 Å². The summed E-state index contributed by atoms with van der Waals surface area (Å²) in [5.41, 5.74) is 6.47. The molecule has 4 aromatic carbocycles. The number of aromatic nitrogens is 2. The minimum atomic E-state index is 0.955. The number of hydrogen-bond acceptors (Lipinski definition) is 2. The summed E-state index contributed by atoms with van der Waals surface area (Å²) in [7, 11) is 0. The highest BCUT2D eigenvalue weighted by Crippen LogP contribution is 2.35. The Balaban J connectivity index is 1.48. The van der Waals surface area contributed by atoms with Crippen molar-refractivity contribution in [1.29, 1.82) is 0 Å². The minimum absolute atomic E-state index is 0.955. The summed E-state index contributed by atoms with van der Waals surface area (Å²) in [4.78, 5) is 2.26. The first-order chi connectivity index (χ1) is 14.9. The number of para-hydroxylation sites is 3. The first kappa shape index (κ1) is 18.0. The van der Waals surface area contributed by atoms with Crippen LogP contribution in [-0.4, -0.2) is 9.78 Å². The highest BCUT2D eigenvalue weighted by atomic mass is 15.3. The van der Waals surface area contributed by atoms with Gasteiger partial charge >= 0.3 is 0 Å². The zero-order chi connectivity index (χ0) is 20.2. The molecule has 0 N–H and O–H groups in total. The van der Waals surface area contributed by atoms with Gasteiger partial charge in [-0.1, -0.05) is 66.7 Å². The highest BCUT2D eigenvalue weighted by Gasteiger charge is 2.12. The van der Waals surface area contributed by atoms with E-state index in [0.29, 0.717) is 0 Å². The molecule has 0 bridgehead atoms. The molecule has 0 amide bonds. The van der Waals surface area contributed by atoms with Crippen molar-refractivity contribution in [3.8, 4) is 16.9 Å². The fraction of sp³-hybridized carbons (Fsp3) is 0. The van der Waals surface area contributed by atoms with Crippen LogP contribution in [0.4, 0.5) is 17.1 Å². The molecule has 0 radical (unpaired) electrons. The lowest BCUT2D eigenvalue weighted by Crippen LogP contribution is -2.09. The van der Waals surface area contributed by atoms with Gasteiger partial charge < -0.3 is 4.90 Å². The maximum atomic E-state index is 4.74. The van der Waals surface area contributed by atoms with Crippen LogP contribution in [-0.2, 0) is 0 Å². The van der Waals surface area contributed by atoms with Crippen LogP contribution in [0.2, 0.25) is 0 Å². The first-order valence-corrected chi connectivity index (χ1v) is 10.0. The van der Waals surface area contributed by atoms with Crippen molar-refractivity contribution < 1.29 is 0 Å². The average Bonchev–Trinajstić information content (AvgIpc) is 3.32. The number of anilines is 3. The molecular weight excluding hydrogens is 366 g/mol. The quantitative estimate of drug-likeness (QED) is 0.323. The molecule has 0 spiro atoms. The lowest BCUT2D eigenvalue weighted by molar-refractivity contribution is 0.884. The minimum Gasteiger partial charge on any atom is -0.311 e. The van der Waals surface area contributed by atoms with Crippen molar-refractivity contribution in [2.24, 2.45) is 0 Å². The molecule has 30 heavy (non-hydrogen) atoms. The molecule has 0 aliphatic heterocycles. The normalized spacial score (nSPS) is 10.7. The van der Waals surface area contributed by atoms with E-state index in [0.717, 1.165) is 34.0 Å². The van der Waals surface area contributed by atoms with Gasteiger partial charge in [-0.05, 0) is 54.6 Å². The molecule has 5 rings (SSSR count). The van der Waals surface area contributed by atoms with E-state index in [2.05, 4.69) is 89.8 Å². The van der Waals surface area contributed by atoms with Gasteiger partial charge in [0, 0.05) is 28.8 Å². The molecule has 144 valence electrons. The fourth-order valence-corrected chi connectivity index (χ4v) is 3.59. The second-order valence-electron chi connectivity index (χ2n) is 7.03. The first-order valence-electron chi connectivity index (χ1n) is 10.0. The zero-order valence-corrected chi connectivity index (χ0v) is 16.5. The summed E-state index contributed by atoms with van der Waals surface area (Å²) < 4.78 is 1.91. The molecule has 3 nitrogen and oxygen atoms in total. The second-order valence-corrected chi connectivity index (χ2v) is 7.03. The predicted octanol–water partition coefficient (Wildman–Crippen LogP) is 7.01. The van der Waals surface area contributed by atoms with Crippen molar-refractivity contribution in [2.75, 3.05) is 4.90 Å². The third-order valence-electron chi connectivity index (χ3n) is 5.06. The Morgan fingerprint density at radius 2 is 1.00 bits per heavy atom. The number of rotatable bonds is 5. The van der Waals surface area contributed by atoms with Crippen molar-refractivity contribution >= 4 is 17.1 Å². The maximum absolute atomic E-state index is 4.74. The molecule has 1 aromatic heterocycles. The molecule has 1 heterocycles.